The first-order valence-corrected chi connectivity index (χ1v) is 9.42. The van der Waals surface area contributed by atoms with Crippen molar-refractivity contribution >= 4 is 29.4 Å². The second-order valence-electron chi connectivity index (χ2n) is 7.40. The molecule has 28 heavy (non-hydrogen) atoms. The van der Waals surface area contributed by atoms with Gasteiger partial charge in [-0.15, -0.1) is 0 Å². The van der Waals surface area contributed by atoms with E-state index in [2.05, 4.69) is 19.2 Å². The molecule has 0 radical (unpaired) electrons. The summed E-state index contributed by atoms with van der Waals surface area (Å²) in [6.45, 7) is 3.22. The molecular weight excluding hydrogens is 360 g/mol. The van der Waals surface area contributed by atoms with Crippen LogP contribution >= 0.6 is 0 Å². The molecule has 7 heteroatoms. The van der Waals surface area contributed by atoms with Crippen LogP contribution < -0.4 is 5.32 Å². The van der Waals surface area contributed by atoms with Crippen LogP contribution in [-0.2, 0) is 23.9 Å². The van der Waals surface area contributed by atoms with E-state index in [1.807, 2.05) is 24.3 Å². The van der Waals surface area contributed by atoms with Crippen molar-refractivity contribution < 1.29 is 23.9 Å². The Morgan fingerprint density at radius 1 is 1.07 bits per heavy atom. The van der Waals surface area contributed by atoms with Crippen molar-refractivity contribution in [1.29, 1.82) is 0 Å². The molecule has 0 aromatic heterocycles. The molecule has 2 aliphatic rings. The molecule has 0 saturated carbocycles. The van der Waals surface area contributed by atoms with Crippen molar-refractivity contribution in [3.63, 3.8) is 0 Å². The molecule has 1 aliphatic heterocycles. The number of imide groups is 1. The zero-order valence-electron chi connectivity index (χ0n) is 16.0. The molecule has 3 amide bonds. The van der Waals surface area contributed by atoms with Crippen molar-refractivity contribution in [3.05, 3.63) is 42.0 Å². The number of esters is 1. The number of carbonyl (C=O) groups excluding carboxylic acids is 4. The lowest BCUT2D eigenvalue weighted by Crippen LogP contribution is -2.37. The third-order valence-corrected chi connectivity index (χ3v) is 5.11. The van der Waals surface area contributed by atoms with Crippen LogP contribution in [0.5, 0.6) is 0 Å². The highest BCUT2D eigenvalue weighted by Crippen LogP contribution is 2.34. The van der Waals surface area contributed by atoms with Crippen LogP contribution in [0.3, 0.4) is 0 Å². The van der Waals surface area contributed by atoms with Gasteiger partial charge in [0.1, 0.15) is 6.54 Å². The summed E-state index contributed by atoms with van der Waals surface area (Å²) < 4.78 is 4.94. The van der Waals surface area contributed by atoms with Crippen LogP contribution in [0.2, 0.25) is 0 Å². The Hall–Kier alpha value is -2.96. The minimum Gasteiger partial charge on any atom is -0.454 e. The van der Waals surface area contributed by atoms with Gasteiger partial charge in [0, 0.05) is 5.69 Å². The fourth-order valence-corrected chi connectivity index (χ4v) is 3.49. The van der Waals surface area contributed by atoms with E-state index in [0.717, 1.165) is 10.5 Å². The topological polar surface area (TPSA) is 92.8 Å². The Morgan fingerprint density at radius 2 is 1.64 bits per heavy atom. The van der Waals surface area contributed by atoms with Crippen molar-refractivity contribution in [3.8, 4) is 0 Å². The molecule has 1 aromatic carbocycles. The van der Waals surface area contributed by atoms with Crippen molar-refractivity contribution in [2.45, 2.75) is 32.6 Å². The Balaban J connectivity index is 1.47. The van der Waals surface area contributed by atoms with Crippen LogP contribution in [0.15, 0.2) is 36.4 Å². The summed E-state index contributed by atoms with van der Waals surface area (Å²) in [5.74, 6) is -2.33. The number of allylic oxidation sites excluding steroid dienone is 2. The molecule has 1 N–H and O–H groups in total. The van der Waals surface area contributed by atoms with E-state index < -0.39 is 25.0 Å². The summed E-state index contributed by atoms with van der Waals surface area (Å²) in [7, 11) is 0. The van der Waals surface area contributed by atoms with Crippen LogP contribution in [0.1, 0.15) is 38.2 Å². The maximum absolute atomic E-state index is 12.3. The predicted octanol–water partition coefficient (Wildman–Crippen LogP) is 2.24. The number of benzene rings is 1. The van der Waals surface area contributed by atoms with Crippen LogP contribution in [0, 0.1) is 11.8 Å². The van der Waals surface area contributed by atoms with E-state index in [4.69, 9.17) is 4.74 Å². The summed E-state index contributed by atoms with van der Waals surface area (Å²) in [6.07, 6.45) is 4.79. The summed E-state index contributed by atoms with van der Waals surface area (Å²) in [6, 6.07) is 7.41. The second kappa shape index (κ2) is 8.37. The molecule has 1 fully saturated rings. The number of rotatable bonds is 6. The molecule has 0 bridgehead atoms. The maximum Gasteiger partial charge on any atom is 0.326 e. The molecule has 148 valence electrons. The largest absolute Gasteiger partial charge is 0.454 e. The summed E-state index contributed by atoms with van der Waals surface area (Å²) in [4.78, 5) is 49.6. The monoisotopic (exact) mass is 384 g/mol. The SMILES string of the molecule is CC(C)c1ccc(NC(=O)COC(=O)CN2C(=O)[C@H]3CC=CC[C@@H]3C2=O)cc1. The number of hydrogen-bond acceptors (Lipinski definition) is 5. The quantitative estimate of drug-likeness (QED) is 0.461. The smallest absolute Gasteiger partial charge is 0.326 e. The van der Waals surface area contributed by atoms with E-state index in [1.165, 1.54) is 0 Å². The number of nitrogens with zero attached hydrogens (tertiary/aromatic N) is 1. The molecule has 1 aliphatic carbocycles. The minimum atomic E-state index is -0.779. The van der Waals surface area contributed by atoms with E-state index >= 15 is 0 Å². The van der Waals surface area contributed by atoms with Crippen molar-refractivity contribution in [1.82, 2.24) is 4.90 Å². The number of likely N-dealkylation sites (tertiary alicyclic amines) is 1. The minimum absolute atomic E-state index is 0.342. The summed E-state index contributed by atoms with van der Waals surface area (Å²) in [5, 5.41) is 2.64. The molecule has 1 heterocycles. The van der Waals surface area contributed by atoms with Gasteiger partial charge in [-0.2, -0.15) is 0 Å². The fraction of sp³-hybridized carbons (Fsp3) is 0.429. The lowest BCUT2D eigenvalue weighted by Gasteiger charge is -2.14. The van der Waals surface area contributed by atoms with E-state index in [-0.39, 0.29) is 23.7 Å². The van der Waals surface area contributed by atoms with Gasteiger partial charge in [-0.3, -0.25) is 24.1 Å². The van der Waals surface area contributed by atoms with Crippen molar-refractivity contribution in [2.24, 2.45) is 11.8 Å². The van der Waals surface area contributed by atoms with E-state index in [0.29, 0.717) is 24.4 Å². The Bertz CT molecular complexity index is 787. The third-order valence-electron chi connectivity index (χ3n) is 5.11. The van der Waals surface area contributed by atoms with Crippen molar-refractivity contribution in [2.75, 3.05) is 18.5 Å². The van der Waals surface area contributed by atoms with Crippen LogP contribution in [0.25, 0.3) is 0 Å². The number of carbonyl (C=O) groups is 4. The molecule has 1 saturated heterocycles. The maximum atomic E-state index is 12.3. The van der Waals surface area contributed by atoms with Gasteiger partial charge in [0.05, 0.1) is 11.8 Å². The highest BCUT2D eigenvalue weighted by molar-refractivity contribution is 6.07. The van der Waals surface area contributed by atoms with Gasteiger partial charge in [0.15, 0.2) is 6.61 Å². The van der Waals surface area contributed by atoms with Crippen LogP contribution in [0.4, 0.5) is 5.69 Å². The van der Waals surface area contributed by atoms with Gasteiger partial charge in [0.2, 0.25) is 11.8 Å². The third kappa shape index (κ3) is 4.30. The van der Waals surface area contributed by atoms with Gasteiger partial charge in [-0.25, -0.2) is 0 Å². The average Bonchev–Trinajstić information content (AvgIpc) is 2.92. The second-order valence-corrected chi connectivity index (χ2v) is 7.40. The zero-order chi connectivity index (χ0) is 20.3. The van der Waals surface area contributed by atoms with Gasteiger partial charge in [-0.05, 0) is 36.5 Å². The van der Waals surface area contributed by atoms with Gasteiger partial charge < -0.3 is 10.1 Å². The average molecular weight is 384 g/mol. The standard InChI is InChI=1S/C21H24N2O5/c1-13(2)14-7-9-15(10-8-14)22-18(24)12-28-19(25)11-23-20(26)16-5-3-4-6-17(16)21(23)27/h3-4,7-10,13,16-17H,5-6,11-12H2,1-2H3,(H,22,24)/t16-,17-/m0/s1. The molecule has 3 rings (SSSR count). The predicted molar refractivity (Wildman–Crippen MR) is 102 cm³/mol. The molecule has 0 spiro atoms. The molecule has 1 aromatic rings. The summed E-state index contributed by atoms with van der Waals surface area (Å²) >= 11 is 0. The first-order chi connectivity index (χ1) is 13.4. The lowest BCUT2D eigenvalue weighted by molar-refractivity contribution is -0.154. The molecule has 2 atom stereocenters. The first kappa shape index (κ1) is 19.8. The van der Waals surface area contributed by atoms with Gasteiger partial charge in [-0.1, -0.05) is 38.1 Å². The number of anilines is 1. The zero-order valence-corrected chi connectivity index (χ0v) is 16.0. The highest BCUT2D eigenvalue weighted by Gasteiger charge is 2.47. The van der Waals surface area contributed by atoms with Gasteiger partial charge in [0.25, 0.3) is 5.91 Å². The normalized spacial score (nSPS) is 21.0. The first-order valence-electron chi connectivity index (χ1n) is 9.42. The lowest BCUT2D eigenvalue weighted by atomic mass is 9.85. The van der Waals surface area contributed by atoms with Crippen LogP contribution in [-0.4, -0.2) is 41.7 Å². The fourth-order valence-electron chi connectivity index (χ4n) is 3.49. The number of hydrogen-bond donors (Lipinski definition) is 1. The Morgan fingerprint density at radius 3 is 2.18 bits per heavy atom. The Kier molecular flexibility index (Phi) is 5.92. The summed E-state index contributed by atoms with van der Waals surface area (Å²) in [5.41, 5.74) is 1.76. The number of amides is 3. The number of ether oxygens (including phenoxy) is 1. The molecular formula is C21H24N2O5. The van der Waals surface area contributed by atoms with E-state index in [9.17, 15) is 19.2 Å². The number of fused-ring (bicyclic) bond motifs is 1. The molecule has 7 nitrogen and oxygen atoms in total. The van der Waals surface area contributed by atoms with E-state index in [1.54, 1.807) is 12.1 Å². The molecule has 0 unspecified atom stereocenters. The Labute approximate surface area is 163 Å². The van der Waals surface area contributed by atoms with Gasteiger partial charge >= 0.3 is 5.97 Å². The number of nitrogens with one attached hydrogen (secondary N) is 1. The highest BCUT2D eigenvalue weighted by atomic mass is 16.5.